The first-order valence-electron chi connectivity index (χ1n) is 5.84. The van der Waals surface area contributed by atoms with Gasteiger partial charge < -0.3 is 0 Å². The molecule has 2 rings (SSSR count). The summed E-state index contributed by atoms with van der Waals surface area (Å²) in [5.74, 6) is -0.893. The predicted molar refractivity (Wildman–Crippen MR) is 74.1 cm³/mol. The number of hydrazine groups is 1. The minimum absolute atomic E-state index is 0.102. The van der Waals surface area contributed by atoms with Crippen LogP contribution in [0.2, 0.25) is 0 Å². The van der Waals surface area contributed by atoms with Gasteiger partial charge in [-0.05, 0) is 19.4 Å². The molecular weight excluding hydrogens is 330 g/mol. The van der Waals surface area contributed by atoms with E-state index >= 15 is 0 Å². The van der Waals surface area contributed by atoms with Crippen LogP contribution in [0, 0.1) is 15.5 Å². The van der Waals surface area contributed by atoms with E-state index in [2.05, 4.69) is 26.8 Å². The van der Waals surface area contributed by atoms with Crippen molar-refractivity contribution in [1.29, 1.82) is 0 Å². The monoisotopic (exact) mass is 341 g/mol. The van der Waals surface area contributed by atoms with Crippen LogP contribution in [0.1, 0.15) is 23.7 Å². The lowest BCUT2D eigenvalue weighted by atomic mass is 10.1. The van der Waals surface area contributed by atoms with Gasteiger partial charge in [0.1, 0.15) is 0 Å². The number of nitro benzene ring substituents is 1. The summed E-state index contributed by atoms with van der Waals surface area (Å²) in [6.45, 7) is 1.78. The van der Waals surface area contributed by atoms with Crippen molar-refractivity contribution in [3.63, 3.8) is 0 Å². The zero-order chi connectivity index (χ0) is 14.9. The SMILES string of the molecule is C[C@@]1(C(=O)NNC(=O)c2cccc([N+](=O)[O-])c2)C[C@H]1Br. The number of hydrogen-bond donors (Lipinski definition) is 2. The Morgan fingerprint density at radius 1 is 1.45 bits per heavy atom. The lowest BCUT2D eigenvalue weighted by Gasteiger charge is -2.11. The molecule has 0 aromatic heterocycles. The van der Waals surface area contributed by atoms with Gasteiger partial charge in [-0.3, -0.25) is 30.6 Å². The van der Waals surface area contributed by atoms with Crippen LogP contribution in [-0.4, -0.2) is 21.6 Å². The number of benzene rings is 1. The fourth-order valence-corrected chi connectivity index (χ4v) is 2.52. The van der Waals surface area contributed by atoms with Gasteiger partial charge in [-0.25, -0.2) is 0 Å². The zero-order valence-corrected chi connectivity index (χ0v) is 12.1. The van der Waals surface area contributed by atoms with E-state index in [1.807, 2.05) is 0 Å². The molecule has 7 nitrogen and oxygen atoms in total. The smallest absolute Gasteiger partial charge is 0.270 e. The standard InChI is InChI=1S/C12H12BrN3O4/c1-12(6-9(12)13)11(18)15-14-10(17)7-3-2-4-8(5-7)16(19)20/h2-5,9H,6H2,1H3,(H,14,17)(H,15,18)/t9-,12-/m1/s1. The van der Waals surface area contributed by atoms with E-state index in [0.717, 1.165) is 6.07 Å². The van der Waals surface area contributed by atoms with Crippen molar-refractivity contribution in [3.8, 4) is 0 Å². The molecule has 1 aliphatic rings. The highest BCUT2D eigenvalue weighted by atomic mass is 79.9. The van der Waals surface area contributed by atoms with Crippen molar-refractivity contribution < 1.29 is 14.5 Å². The van der Waals surface area contributed by atoms with Crippen LogP contribution in [0.3, 0.4) is 0 Å². The molecule has 1 fully saturated rings. The van der Waals surface area contributed by atoms with Gasteiger partial charge in [-0.15, -0.1) is 0 Å². The van der Waals surface area contributed by atoms with E-state index in [4.69, 9.17) is 0 Å². The fourth-order valence-electron chi connectivity index (χ4n) is 1.64. The maximum absolute atomic E-state index is 11.8. The Labute approximate surface area is 123 Å². The third kappa shape index (κ3) is 2.79. The molecule has 1 aliphatic carbocycles. The second-order valence-electron chi connectivity index (χ2n) is 4.80. The molecule has 0 bridgehead atoms. The molecule has 20 heavy (non-hydrogen) atoms. The molecule has 0 aliphatic heterocycles. The number of rotatable bonds is 3. The van der Waals surface area contributed by atoms with Gasteiger partial charge in [-0.1, -0.05) is 22.0 Å². The molecule has 0 heterocycles. The molecule has 1 aromatic carbocycles. The Kier molecular flexibility index (Phi) is 3.76. The Bertz CT molecular complexity index is 592. The van der Waals surface area contributed by atoms with Gasteiger partial charge in [-0.2, -0.15) is 0 Å². The Morgan fingerprint density at radius 3 is 2.65 bits per heavy atom. The van der Waals surface area contributed by atoms with Gasteiger partial charge in [0.2, 0.25) is 5.91 Å². The molecule has 2 N–H and O–H groups in total. The number of carbonyl (C=O) groups excluding carboxylic acids is 2. The average molecular weight is 342 g/mol. The van der Waals surface area contributed by atoms with Crippen LogP contribution in [0.5, 0.6) is 0 Å². The predicted octanol–water partition coefficient (Wildman–Crippen LogP) is 1.53. The van der Waals surface area contributed by atoms with Crippen molar-refractivity contribution in [2.45, 2.75) is 18.2 Å². The van der Waals surface area contributed by atoms with E-state index in [-0.39, 0.29) is 22.0 Å². The second-order valence-corrected chi connectivity index (χ2v) is 5.91. The molecule has 106 valence electrons. The Morgan fingerprint density at radius 2 is 2.10 bits per heavy atom. The number of halogens is 1. The average Bonchev–Trinajstić information content (AvgIpc) is 3.04. The quantitative estimate of drug-likeness (QED) is 0.494. The van der Waals surface area contributed by atoms with Gasteiger partial charge >= 0.3 is 0 Å². The first-order valence-corrected chi connectivity index (χ1v) is 6.75. The summed E-state index contributed by atoms with van der Waals surface area (Å²) in [5, 5.41) is 10.6. The number of nitrogens with zero attached hydrogens (tertiary/aromatic N) is 1. The van der Waals surface area contributed by atoms with Gasteiger partial charge in [0, 0.05) is 22.5 Å². The van der Waals surface area contributed by atoms with Gasteiger partial charge in [0.25, 0.3) is 11.6 Å². The number of non-ortho nitro benzene ring substituents is 1. The van der Waals surface area contributed by atoms with Crippen LogP contribution in [-0.2, 0) is 4.79 Å². The fraction of sp³-hybridized carbons (Fsp3) is 0.333. The second kappa shape index (κ2) is 5.20. The van der Waals surface area contributed by atoms with Crippen LogP contribution in [0.15, 0.2) is 24.3 Å². The van der Waals surface area contributed by atoms with E-state index in [1.165, 1.54) is 18.2 Å². The van der Waals surface area contributed by atoms with Crippen molar-refractivity contribution in [2.75, 3.05) is 0 Å². The van der Waals surface area contributed by atoms with Gasteiger partial charge in [0.05, 0.1) is 10.3 Å². The largest absolute Gasteiger partial charge is 0.273 e. The number of hydrogen-bond acceptors (Lipinski definition) is 4. The third-order valence-electron chi connectivity index (χ3n) is 3.26. The lowest BCUT2D eigenvalue weighted by molar-refractivity contribution is -0.384. The Balaban J connectivity index is 1.97. The van der Waals surface area contributed by atoms with E-state index in [1.54, 1.807) is 6.92 Å². The highest BCUT2D eigenvalue weighted by Gasteiger charge is 2.54. The maximum Gasteiger partial charge on any atom is 0.270 e. The highest BCUT2D eigenvalue weighted by Crippen LogP contribution is 2.51. The van der Waals surface area contributed by atoms with Crippen LogP contribution in [0.4, 0.5) is 5.69 Å². The molecule has 2 atom stereocenters. The van der Waals surface area contributed by atoms with Crippen LogP contribution < -0.4 is 10.9 Å². The van der Waals surface area contributed by atoms with Crippen molar-refractivity contribution in [3.05, 3.63) is 39.9 Å². The highest BCUT2D eigenvalue weighted by molar-refractivity contribution is 9.09. The van der Waals surface area contributed by atoms with Crippen LogP contribution in [0.25, 0.3) is 0 Å². The first kappa shape index (κ1) is 14.4. The topological polar surface area (TPSA) is 101 Å². The minimum Gasteiger partial charge on any atom is -0.273 e. The molecule has 0 saturated heterocycles. The van der Waals surface area contributed by atoms with E-state index in [9.17, 15) is 19.7 Å². The molecule has 1 saturated carbocycles. The summed E-state index contributed by atoms with van der Waals surface area (Å²) in [6, 6.07) is 5.27. The zero-order valence-electron chi connectivity index (χ0n) is 10.6. The van der Waals surface area contributed by atoms with Crippen LogP contribution >= 0.6 is 15.9 Å². The molecule has 8 heteroatoms. The Hall–Kier alpha value is -1.96. The summed E-state index contributed by atoms with van der Waals surface area (Å²) in [7, 11) is 0. The normalized spacial score (nSPS) is 23.8. The molecule has 0 radical (unpaired) electrons. The van der Waals surface area contributed by atoms with Crippen molar-refractivity contribution in [2.24, 2.45) is 5.41 Å². The van der Waals surface area contributed by atoms with Gasteiger partial charge in [0.15, 0.2) is 0 Å². The van der Waals surface area contributed by atoms with Crippen molar-refractivity contribution >= 4 is 33.4 Å². The van der Waals surface area contributed by atoms with E-state index in [0.29, 0.717) is 6.42 Å². The first-order chi connectivity index (χ1) is 9.34. The minimum atomic E-state index is -0.600. The summed E-state index contributed by atoms with van der Waals surface area (Å²) < 4.78 is 0. The number of amides is 2. The van der Waals surface area contributed by atoms with Crippen molar-refractivity contribution in [1.82, 2.24) is 10.9 Å². The number of nitrogens with one attached hydrogen (secondary N) is 2. The lowest BCUT2D eigenvalue weighted by Crippen LogP contribution is -2.45. The molecular formula is C12H12BrN3O4. The van der Waals surface area contributed by atoms with E-state index < -0.39 is 16.2 Å². The summed E-state index contributed by atoms with van der Waals surface area (Å²) in [5.41, 5.74) is 3.98. The summed E-state index contributed by atoms with van der Waals surface area (Å²) >= 11 is 3.33. The third-order valence-corrected chi connectivity index (χ3v) is 4.60. The molecule has 0 spiro atoms. The number of alkyl halides is 1. The maximum atomic E-state index is 11.8. The molecule has 0 unspecified atom stereocenters. The number of carbonyl (C=O) groups is 2. The summed E-state index contributed by atoms with van der Waals surface area (Å²) in [4.78, 5) is 33.7. The molecule has 2 amide bonds. The summed E-state index contributed by atoms with van der Waals surface area (Å²) in [6.07, 6.45) is 0.700. The molecule has 1 aromatic rings. The number of nitro groups is 1.